The predicted octanol–water partition coefficient (Wildman–Crippen LogP) is 1.37. The molecule has 2 fully saturated rings. The molecule has 1 atom stereocenters. The number of nitrogens with one attached hydrogen (secondary N) is 1. The van der Waals surface area contributed by atoms with Gasteiger partial charge < -0.3 is 10.2 Å². The van der Waals surface area contributed by atoms with E-state index < -0.39 is 6.03 Å². The van der Waals surface area contributed by atoms with E-state index in [9.17, 15) is 14.4 Å². The molecule has 3 rings (SSSR count). The first kappa shape index (κ1) is 15.5. The fraction of sp³-hybridized carbons (Fsp3) is 0.471. The van der Waals surface area contributed by atoms with E-state index >= 15 is 0 Å². The van der Waals surface area contributed by atoms with Crippen molar-refractivity contribution in [2.75, 3.05) is 13.1 Å². The Balaban J connectivity index is 1.73. The quantitative estimate of drug-likeness (QED) is 0.806. The van der Waals surface area contributed by atoms with E-state index in [1.54, 1.807) is 4.90 Å². The number of rotatable bonds is 6. The van der Waals surface area contributed by atoms with Gasteiger partial charge in [-0.3, -0.25) is 14.5 Å². The topological polar surface area (TPSA) is 69.7 Å². The van der Waals surface area contributed by atoms with Gasteiger partial charge >= 0.3 is 6.03 Å². The lowest BCUT2D eigenvalue weighted by Gasteiger charge is -2.30. The lowest BCUT2D eigenvalue weighted by molar-refractivity contribution is -0.138. The lowest BCUT2D eigenvalue weighted by Crippen LogP contribution is -2.46. The van der Waals surface area contributed by atoms with E-state index in [1.807, 2.05) is 37.3 Å². The molecular weight excluding hydrogens is 294 g/mol. The van der Waals surface area contributed by atoms with Crippen LogP contribution in [0.15, 0.2) is 30.3 Å². The molecular formula is C17H21N3O3. The zero-order chi connectivity index (χ0) is 16.4. The van der Waals surface area contributed by atoms with Gasteiger partial charge in [-0.25, -0.2) is 4.79 Å². The molecule has 0 bridgehead atoms. The van der Waals surface area contributed by atoms with Crippen molar-refractivity contribution in [3.63, 3.8) is 0 Å². The van der Waals surface area contributed by atoms with Crippen LogP contribution in [0.1, 0.15) is 25.3 Å². The average molecular weight is 315 g/mol. The maximum absolute atomic E-state index is 12.7. The normalized spacial score (nSPS) is 18.7. The second-order valence-electron chi connectivity index (χ2n) is 6.22. The van der Waals surface area contributed by atoms with Gasteiger partial charge in [0, 0.05) is 12.6 Å². The van der Waals surface area contributed by atoms with Crippen molar-refractivity contribution in [1.29, 1.82) is 0 Å². The number of carbonyl (C=O) groups is 3. The Labute approximate surface area is 135 Å². The third kappa shape index (κ3) is 3.52. The van der Waals surface area contributed by atoms with Crippen LogP contribution in [-0.4, -0.2) is 46.8 Å². The largest absolute Gasteiger partial charge is 0.334 e. The number of amides is 4. The van der Waals surface area contributed by atoms with E-state index in [0.29, 0.717) is 12.5 Å². The van der Waals surface area contributed by atoms with Crippen LogP contribution >= 0.6 is 0 Å². The summed E-state index contributed by atoms with van der Waals surface area (Å²) in [5.41, 5.74) is 1.05. The summed E-state index contributed by atoms with van der Waals surface area (Å²) in [6, 6.07) is 9.41. The number of benzene rings is 1. The summed E-state index contributed by atoms with van der Waals surface area (Å²) in [5.74, 6) is -0.00786. The van der Waals surface area contributed by atoms with Crippen LogP contribution in [-0.2, 0) is 16.1 Å². The molecule has 6 heteroatoms. The van der Waals surface area contributed by atoms with Crippen LogP contribution in [0, 0.1) is 5.92 Å². The first-order chi connectivity index (χ1) is 11.1. The molecule has 23 heavy (non-hydrogen) atoms. The SMILES string of the molecule is CC(C1CC1)N(Cc1ccccc1)C(=O)CN1C(=O)CNC1=O. The molecule has 0 aromatic heterocycles. The van der Waals surface area contributed by atoms with Gasteiger partial charge in [-0.1, -0.05) is 30.3 Å². The zero-order valence-corrected chi connectivity index (χ0v) is 13.2. The Bertz CT molecular complexity index is 597. The smallest absolute Gasteiger partial charge is 0.325 e. The first-order valence-electron chi connectivity index (χ1n) is 7.98. The molecule has 4 amide bonds. The number of urea groups is 1. The Morgan fingerprint density at radius 1 is 1.30 bits per heavy atom. The van der Waals surface area contributed by atoms with Crippen molar-refractivity contribution in [2.24, 2.45) is 5.92 Å². The van der Waals surface area contributed by atoms with Gasteiger partial charge in [0.2, 0.25) is 5.91 Å². The summed E-state index contributed by atoms with van der Waals surface area (Å²) in [6.45, 7) is 2.34. The molecule has 1 unspecified atom stereocenters. The number of hydrogen-bond donors (Lipinski definition) is 1. The average Bonchev–Trinajstić information content (AvgIpc) is 3.35. The van der Waals surface area contributed by atoms with Gasteiger partial charge in [0.05, 0.1) is 6.54 Å². The fourth-order valence-corrected chi connectivity index (χ4v) is 2.91. The Morgan fingerprint density at radius 3 is 2.57 bits per heavy atom. The molecule has 1 aromatic rings. The molecule has 1 aromatic carbocycles. The van der Waals surface area contributed by atoms with E-state index in [2.05, 4.69) is 5.32 Å². The highest BCUT2D eigenvalue weighted by Gasteiger charge is 2.37. The van der Waals surface area contributed by atoms with Gasteiger partial charge in [-0.2, -0.15) is 0 Å². The highest BCUT2D eigenvalue weighted by Crippen LogP contribution is 2.35. The lowest BCUT2D eigenvalue weighted by atomic mass is 10.1. The van der Waals surface area contributed by atoms with Crippen molar-refractivity contribution in [3.8, 4) is 0 Å². The van der Waals surface area contributed by atoms with E-state index in [1.165, 1.54) is 0 Å². The summed E-state index contributed by atoms with van der Waals surface area (Å²) >= 11 is 0. The Hall–Kier alpha value is -2.37. The van der Waals surface area contributed by atoms with E-state index in [4.69, 9.17) is 0 Å². The molecule has 2 aliphatic rings. The molecule has 122 valence electrons. The highest BCUT2D eigenvalue weighted by molar-refractivity contribution is 6.04. The fourth-order valence-electron chi connectivity index (χ4n) is 2.91. The van der Waals surface area contributed by atoms with Crippen molar-refractivity contribution >= 4 is 17.8 Å². The highest BCUT2D eigenvalue weighted by atomic mass is 16.2. The number of imide groups is 1. The standard InChI is InChI=1S/C17H21N3O3/c1-12(14-7-8-14)19(10-13-5-3-2-4-6-13)16(22)11-20-15(21)9-18-17(20)23/h2-6,12,14H,7-11H2,1H3,(H,18,23). The van der Waals surface area contributed by atoms with E-state index in [-0.39, 0.29) is 30.9 Å². The minimum absolute atomic E-state index is 0.0248. The summed E-state index contributed by atoms with van der Waals surface area (Å²) < 4.78 is 0. The van der Waals surface area contributed by atoms with Gasteiger partial charge in [-0.15, -0.1) is 0 Å². The van der Waals surface area contributed by atoms with Crippen LogP contribution in [0.3, 0.4) is 0 Å². The molecule has 1 saturated heterocycles. The molecule has 1 aliphatic carbocycles. The van der Waals surface area contributed by atoms with Gasteiger partial charge in [0.1, 0.15) is 6.54 Å². The molecule has 0 spiro atoms. The van der Waals surface area contributed by atoms with Gasteiger partial charge in [-0.05, 0) is 31.2 Å². The number of hydrogen-bond acceptors (Lipinski definition) is 3. The number of nitrogens with zero attached hydrogens (tertiary/aromatic N) is 2. The van der Waals surface area contributed by atoms with Crippen LogP contribution in [0.2, 0.25) is 0 Å². The van der Waals surface area contributed by atoms with Crippen LogP contribution < -0.4 is 5.32 Å². The molecule has 0 radical (unpaired) electrons. The maximum atomic E-state index is 12.7. The Kier molecular flexibility index (Phi) is 4.32. The van der Waals surface area contributed by atoms with E-state index in [0.717, 1.165) is 23.3 Å². The predicted molar refractivity (Wildman–Crippen MR) is 84.3 cm³/mol. The van der Waals surface area contributed by atoms with Crippen molar-refractivity contribution < 1.29 is 14.4 Å². The van der Waals surface area contributed by atoms with Crippen molar-refractivity contribution in [3.05, 3.63) is 35.9 Å². The zero-order valence-electron chi connectivity index (χ0n) is 13.2. The third-order valence-electron chi connectivity index (χ3n) is 4.54. The molecule has 1 saturated carbocycles. The molecule has 6 nitrogen and oxygen atoms in total. The summed E-state index contributed by atoms with van der Waals surface area (Å²) in [7, 11) is 0. The minimum atomic E-state index is -0.484. The van der Waals surface area contributed by atoms with Crippen LogP contribution in [0.25, 0.3) is 0 Å². The van der Waals surface area contributed by atoms with Crippen LogP contribution in [0.5, 0.6) is 0 Å². The summed E-state index contributed by atoms with van der Waals surface area (Å²) in [4.78, 5) is 38.8. The summed E-state index contributed by atoms with van der Waals surface area (Å²) in [5, 5.41) is 2.44. The third-order valence-corrected chi connectivity index (χ3v) is 4.54. The van der Waals surface area contributed by atoms with Gasteiger partial charge in [0.15, 0.2) is 0 Å². The maximum Gasteiger partial charge on any atom is 0.325 e. The van der Waals surface area contributed by atoms with Crippen molar-refractivity contribution in [1.82, 2.24) is 15.1 Å². The Morgan fingerprint density at radius 2 is 2.00 bits per heavy atom. The van der Waals surface area contributed by atoms with Crippen LogP contribution in [0.4, 0.5) is 4.79 Å². The summed E-state index contributed by atoms with van der Waals surface area (Å²) in [6.07, 6.45) is 2.26. The molecule has 1 aliphatic heterocycles. The second kappa shape index (κ2) is 6.40. The minimum Gasteiger partial charge on any atom is -0.334 e. The molecule has 1 N–H and O–H groups in total. The van der Waals surface area contributed by atoms with Crippen molar-refractivity contribution in [2.45, 2.75) is 32.4 Å². The first-order valence-corrected chi connectivity index (χ1v) is 7.98. The second-order valence-corrected chi connectivity index (χ2v) is 6.22. The molecule has 1 heterocycles. The number of carbonyl (C=O) groups excluding carboxylic acids is 3. The monoisotopic (exact) mass is 315 g/mol. The van der Waals surface area contributed by atoms with Gasteiger partial charge in [0.25, 0.3) is 5.91 Å².